The Hall–Kier alpha value is -2.96. The normalized spacial score (nSPS) is 10.5. The highest BCUT2D eigenvalue weighted by molar-refractivity contribution is 5.83. The van der Waals surface area contributed by atoms with Crippen LogP contribution in [0.3, 0.4) is 0 Å². The third-order valence-corrected chi connectivity index (χ3v) is 2.51. The van der Waals surface area contributed by atoms with Crippen molar-refractivity contribution in [3.8, 4) is 5.75 Å². The second-order valence-corrected chi connectivity index (χ2v) is 4.10. The molecule has 7 heteroatoms. The molecule has 0 saturated carbocycles. The highest BCUT2D eigenvalue weighted by Crippen LogP contribution is 2.15. The summed E-state index contributed by atoms with van der Waals surface area (Å²) in [5.74, 6) is 0.859. The summed E-state index contributed by atoms with van der Waals surface area (Å²) in [6.45, 7) is 5.59. The van der Waals surface area contributed by atoms with Gasteiger partial charge in [0.2, 0.25) is 5.95 Å². The van der Waals surface area contributed by atoms with E-state index in [0.717, 1.165) is 5.56 Å². The molecule has 0 spiro atoms. The number of aryl methyl sites for hydroxylation is 1. The molecular weight excluding hydrogens is 270 g/mol. The zero-order chi connectivity index (χ0) is 15.1. The maximum atomic E-state index is 11.4. The SMILES string of the molecule is C=CCOc1ccccc1/C=N\Nc1nnc(C)c(=O)[nH]1. The molecule has 0 radical (unpaired) electrons. The van der Waals surface area contributed by atoms with Crippen molar-refractivity contribution < 1.29 is 4.74 Å². The smallest absolute Gasteiger partial charge is 0.274 e. The van der Waals surface area contributed by atoms with Crippen molar-refractivity contribution in [1.29, 1.82) is 0 Å². The van der Waals surface area contributed by atoms with Gasteiger partial charge in [0.1, 0.15) is 18.1 Å². The Labute approximate surface area is 121 Å². The Bertz CT molecular complexity index is 709. The summed E-state index contributed by atoms with van der Waals surface area (Å²) in [7, 11) is 0. The zero-order valence-electron chi connectivity index (χ0n) is 11.5. The molecule has 108 valence electrons. The Morgan fingerprint density at radius 1 is 1.43 bits per heavy atom. The third kappa shape index (κ3) is 4.00. The van der Waals surface area contributed by atoms with Crippen molar-refractivity contribution >= 4 is 12.2 Å². The maximum absolute atomic E-state index is 11.4. The van der Waals surface area contributed by atoms with E-state index >= 15 is 0 Å². The summed E-state index contributed by atoms with van der Waals surface area (Å²) in [6, 6.07) is 7.42. The number of ether oxygens (including phenoxy) is 1. The number of benzene rings is 1. The van der Waals surface area contributed by atoms with Crippen LogP contribution < -0.4 is 15.7 Å². The monoisotopic (exact) mass is 285 g/mol. The predicted molar refractivity (Wildman–Crippen MR) is 80.7 cm³/mol. The number of nitrogens with zero attached hydrogens (tertiary/aromatic N) is 3. The fraction of sp³-hybridized carbons (Fsp3) is 0.143. The molecule has 2 rings (SSSR count). The highest BCUT2D eigenvalue weighted by Gasteiger charge is 2.00. The average molecular weight is 285 g/mol. The van der Waals surface area contributed by atoms with Gasteiger partial charge < -0.3 is 4.74 Å². The fourth-order valence-corrected chi connectivity index (χ4v) is 1.47. The summed E-state index contributed by atoms with van der Waals surface area (Å²) in [5, 5.41) is 11.5. The van der Waals surface area contributed by atoms with Crippen LogP contribution in [-0.2, 0) is 0 Å². The van der Waals surface area contributed by atoms with Gasteiger partial charge in [-0.3, -0.25) is 9.78 Å². The van der Waals surface area contributed by atoms with Gasteiger partial charge in [0.05, 0.1) is 6.21 Å². The van der Waals surface area contributed by atoms with Gasteiger partial charge in [0, 0.05) is 5.56 Å². The molecule has 0 amide bonds. The largest absolute Gasteiger partial charge is 0.489 e. The first-order chi connectivity index (χ1) is 10.2. The first-order valence-corrected chi connectivity index (χ1v) is 6.26. The molecular formula is C14H15N5O2. The van der Waals surface area contributed by atoms with Crippen LogP contribution in [0.5, 0.6) is 5.75 Å². The fourth-order valence-electron chi connectivity index (χ4n) is 1.47. The van der Waals surface area contributed by atoms with E-state index < -0.39 is 0 Å². The Kier molecular flexibility index (Phi) is 4.81. The summed E-state index contributed by atoms with van der Waals surface area (Å²) >= 11 is 0. The number of hydrazone groups is 1. The van der Waals surface area contributed by atoms with Crippen LogP contribution in [-0.4, -0.2) is 28.0 Å². The minimum absolute atomic E-state index is 0.173. The van der Waals surface area contributed by atoms with E-state index in [1.165, 1.54) is 0 Å². The van der Waals surface area contributed by atoms with Gasteiger partial charge in [0.15, 0.2) is 0 Å². The molecule has 1 heterocycles. The van der Waals surface area contributed by atoms with Gasteiger partial charge in [-0.15, -0.1) is 10.2 Å². The van der Waals surface area contributed by atoms with Gasteiger partial charge >= 0.3 is 0 Å². The lowest BCUT2D eigenvalue weighted by atomic mass is 10.2. The molecule has 1 aromatic carbocycles. The van der Waals surface area contributed by atoms with E-state index in [0.29, 0.717) is 18.1 Å². The molecule has 2 aromatic rings. The molecule has 2 N–H and O–H groups in total. The number of anilines is 1. The molecule has 0 atom stereocenters. The lowest BCUT2D eigenvalue weighted by Crippen LogP contribution is -2.15. The molecule has 0 aliphatic carbocycles. The van der Waals surface area contributed by atoms with Crippen molar-refractivity contribution in [1.82, 2.24) is 15.2 Å². The molecule has 0 aliphatic rings. The standard InChI is InChI=1S/C14H15N5O2/c1-3-8-21-12-7-5-4-6-11(12)9-15-18-14-16-13(20)10(2)17-19-14/h3-7,9H,1,8H2,2H3,(H2,16,18,19,20)/b15-9-. The van der Waals surface area contributed by atoms with E-state index in [2.05, 4.69) is 32.3 Å². The third-order valence-electron chi connectivity index (χ3n) is 2.51. The molecule has 21 heavy (non-hydrogen) atoms. The van der Waals surface area contributed by atoms with Crippen LogP contribution in [0.1, 0.15) is 11.3 Å². The van der Waals surface area contributed by atoms with E-state index in [9.17, 15) is 4.79 Å². The summed E-state index contributed by atoms with van der Waals surface area (Å²) in [4.78, 5) is 13.9. The van der Waals surface area contributed by atoms with Crippen LogP contribution >= 0.6 is 0 Å². The number of hydrogen-bond donors (Lipinski definition) is 2. The van der Waals surface area contributed by atoms with Crippen LogP contribution in [0.15, 0.2) is 46.8 Å². The quantitative estimate of drug-likeness (QED) is 0.476. The van der Waals surface area contributed by atoms with Crippen molar-refractivity contribution in [2.24, 2.45) is 5.10 Å². The minimum atomic E-state index is -0.308. The molecule has 7 nitrogen and oxygen atoms in total. The van der Waals surface area contributed by atoms with Crippen molar-refractivity contribution in [2.75, 3.05) is 12.0 Å². The number of hydrogen-bond acceptors (Lipinski definition) is 6. The Balaban J connectivity index is 2.08. The Morgan fingerprint density at radius 2 is 2.24 bits per heavy atom. The topological polar surface area (TPSA) is 92.3 Å². The van der Waals surface area contributed by atoms with E-state index in [-0.39, 0.29) is 11.5 Å². The summed E-state index contributed by atoms with van der Waals surface area (Å²) < 4.78 is 5.50. The van der Waals surface area contributed by atoms with Crippen molar-refractivity contribution in [3.63, 3.8) is 0 Å². The van der Waals surface area contributed by atoms with E-state index in [1.807, 2.05) is 24.3 Å². The Morgan fingerprint density at radius 3 is 3.00 bits per heavy atom. The molecule has 0 saturated heterocycles. The predicted octanol–water partition coefficient (Wildman–Crippen LogP) is 1.48. The van der Waals surface area contributed by atoms with Gasteiger partial charge in [-0.05, 0) is 19.1 Å². The van der Waals surface area contributed by atoms with E-state index in [1.54, 1.807) is 19.2 Å². The first kappa shape index (κ1) is 14.4. The average Bonchev–Trinajstić information content (AvgIpc) is 2.50. The maximum Gasteiger partial charge on any atom is 0.274 e. The first-order valence-electron chi connectivity index (χ1n) is 6.26. The van der Waals surface area contributed by atoms with Gasteiger partial charge in [0.25, 0.3) is 5.56 Å². The van der Waals surface area contributed by atoms with Crippen molar-refractivity contribution in [3.05, 3.63) is 58.5 Å². The van der Waals surface area contributed by atoms with E-state index in [4.69, 9.17) is 4.74 Å². The van der Waals surface area contributed by atoms with Crippen LogP contribution in [0.4, 0.5) is 5.95 Å². The number of nitrogens with one attached hydrogen (secondary N) is 2. The lowest BCUT2D eigenvalue weighted by Gasteiger charge is -2.06. The second kappa shape index (κ2) is 6.99. The summed E-state index contributed by atoms with van der Waals surface area (Å²) in [6.07, 6.45) is 3.23. The van der Waals surface area contributed by atoms with Crippen LogP contribution in [0, 0.1) is 6.92 Å². The van der Waals surface area contributed by atoms with Crippen LogP contribution in [0.2, 0.25) is 0 Å². The molecule has 0 fully saturated rings. The molecule has 0 bridgehead atoms. The number of aromatic amines is 1. The number of H-pyrrole nitrogens is 1. The lowest BCUT2D eigenvalue weighted by molar-refractivity contribution is 0.363. The molecule has 1 aromatic heterocycles. The molecule has 0 unspecified atom stereocenters. The van der Waals surface area contributed by atoms with Gasteiger partial charge in [-0.1, -0.05) is 24.8 Å². The molecule has 0 aliphatic heterocycles. The second-order valence-electron chi connectivity index (χ2n) is 4.10. The summed E-state index contributed by atoms with van der Waals surface area (Å²) in [5.41, 5.74) is 3.39. The van der Waals surface area contributed by atoms with Crippen LogP contribution in [0.25, 0.3) is 0 Å². The highest BCUT2D eigenvalue weighted by atomic mass is 16.5. The number of aromatic nitrogens is 3. The number of rotatable bonds is 6. The van der Waals surface area contributed by atoms with Crippen molar-refractivity contribution in [2.45, 2.75) is 6.92 Å². The zero-order valence-corrected chi connectivity index (χ0v) is 11.5. The van der Waals surface area contributed by atoms with Gasteiger partial charge in [-0.25, -0.2) is 5.43 Å². The minimum Gasteiger partial charge on any atom is -0.489 e. The van der Waals surface area contributed by atoms with Gasteiger partial charge in [-0.2, -0.15) is 5.10 Å². The number of para-hydroxylation sites is 1.